The number of rotatable bonds is 5. The zero-order chi connectivity index (χ0) is 16.0. The SMILES string of the molecule is COc1cc(OC)c(NC(=O)OCC(Cl)(Cl)Cl)c(OC)c1. The standard InChI is InChI=1S/C12H14Cl3NO5/c1-18-7-4-8(19-2)10(9(5-7)20-3)16-11(17)21-6-12(13,14)15/h4-5H,6H2,1-3H3,(H,16,17). The van der Waals surface area contributed by atoms with E-state index in [0.717, 1.165) is 0 Å². The first-order valence-electron chi connectivity index (χ1n) is 5.61. The Labute approximate surface area is 137 Å². The molecule has 0 aromatic heterocycles. The number of hydrogen-bond acceptors (Lipinski definition) is 5. The van der Waals surface area contributed by atoms with Gasteiger partial charge < -0.3 is 18.9 Å². The van der Waals surface area contributed by atoms with Gasteiger partial charge in [0.25, 0.3) is 0 Å². The largest absolute Gasteiger partial charge is 0.496 e. The molecule has 0 heterocycles. The molecule has 0 atom stereocenters. The van der Waals surface area contributed by atoms with Crippen molar-refractivity contribution in [2.24, 2.45) is 0 Å². The number of alkyl halides is 3. The second kappa shape index (κ2) is 7.68. The van der Waals surface area contributed by atoms with Crippen molar-refractivity contribution in [2.45, 2.75) is 3.79 Å². The summed E-state index contributed by atoms with van der Waals surface area (Å²) in [5.41, 5.74) is 0.273. The third kappa shape index (κ3) is 5.57. The van der Waals surface area contributed by atoms with Crippen molar-refractivity contribution in [3.8, 4) is 17.2 Å². The highest BCUT2D eigenvalue weighted by Gasteiger charge is 2.23. The van der Waals surface area contributed by atoms with Gasteiger partial charge in [0.05, 0.1) is 21.3 Å². The Kier molecular flexibility index (Phi) is 6.51. The van der Waals surface area contributed by atoms with E-state index < -0.39 is 16.5 Å². The smallest absolute Gasteiger partial charge is 0.411 e. The molecule has 0 aliphatic carbocycles. The van der Waals surface area contributed by atoms with E-state index in [9.17, 15) is 4.79 Å². The van der Waals surface area contributed by atoms with Crippen LogP contribution in [0.5, 0.6) is 17.2 Å². The minimum Gasteiger partial charge on any atom is -0.496 e. The number of nitrogens with one attached hydrogen (secondary N) is 1. The fraction of sp³-hybridized carbons (Fsp3) is 0.417. The van der Waals surface area contributed by atoms with Crippen LogP contribution in [0.25, 0.3) is 0 Å². The molecular formula is C12H14Cl3NO5. The Hall–Kier alpha value is -1.24. The molecule has 0 aliphatic rings. The molecule has 118 valence electrons. The van der Waals surface area contributed by atoms with E-state index in [-0.39, 0.29) is 5.69 Å². The maximum atomic E-state index is 11.7. The zero-order valence-electron chi connectivity index (χ0n) is 11.5. The molecule has 1 N–H and O–H groups in total. The Bertz CT molecular complexity index is 479. The number of hydrogen-bond donors (Lipinski definition) is 1. The van der Waals surface area contributed by atoms with E-state index in [1.54, 1.807) is 12.1 Å². The number of ether oxygens (including phenoxy) is 4. The number of carbonyl (C=O) groups excluding carboxylic acids is 1. The van der Waals surface area contributed by atoms with Gasteiger partial charge >= 0.3 is 6.09 Å². The van der Waals surface area contributed by atoms with Crippen LogP contribution in [0.15, 0.2) is 12.1 Å². The van der Waals surface area contributed by atoms with Crippen molar-refractivity contribution < 1.29 is 23.7 Å². The van der Waals surface area contributed by atoms with Gasteiger partial charge in [-0.1, -0.05) is 34.8 Å². The van der Waals surface area contributed by atoms with Crippen LogP contribution in [0.4, 0.5) is 10.5 Å². The molecule has 0 spiro atoms. The molecule has 1 amide bonds. The van der Waals surface area contributed by atoms with E-state index in [1.807, 2.05) is 0 Å². The van der Waals surface area contributed by atoms with E-state index in [1.165, 1.54) is 21.3 Å². The van der Waals surface area contributed by atoms with Gasteiger partial charge in [-0.15, -0.1) is 0 Å². The first-order valence-corrected chi connectivity index (χ1v) is 6.74. The number of carbonyl (C=O) groups is 1. The number of amides is 1. The Morgan fingerprint density at radius 1 is 1.10 bits per heavy atom. The maximum absolute atomic E-state index is 11.7. The summed E-state index contributed by atoms with van der Waals surface area (Å²) in [5, 5.41) is 2.46. The van der Waals surface area contributed by atoms with Crippen molar-refractivity contribution in [3.05, 3.63) is 12.1 Å². The molecule has 21 heavy (non-hydrogen) atoms. The molecule has 1 aromatic carbocycles. The average Bonchev–Trinajstić information content (AvgIpc) is 2.44. The summed E-state index contributed by atoms with van der Waals surface area (Å²) in [6.07, 6.45) is -0.817. The quantitative estimate of drug-likeness (QED) is 0.814. The lowest BCUT2D eigenvalue weighted by atomic mass is 10.2. The predicted molar refractivity (Wildman–Crippen MR) is 81.4 cm³/mol. The van der Waals surface area contributed by atoms with E-state index in [4.69, 9.17) is 53.8 Å². The van der Waals surface area contributed by atoms with Gasteiger partial charge in [0, 0.05) is 12.1 Å². The van der Waals surface area contributed by atoms with Crippen LogP contribution in [0.2, 0.25) is 0 Å². The number of halogens is 3. The summed E-state index contributed by atoms with van der Waals surface area (Å²) >= 11 is 16.5. The van der Waals surface area contributed by atoms with Gasteiger partial charge in [0.2, 0.25) is 3.79 Å². The van der Waals surface area contributed by atoms with Crippen LogP contribution >= 0.6 is 34.8 Å². The third-order valence-electron chi connectivity index (χ3n) is 2.31. The van der Waals surface area contributed by atoms with Gasteiger partial charge in [-0.25, -0.2) is 4.79 Å². The van der Waals surface area contributed by atoms with E-state index >= 15 is 0 Å². The van der Waals surface area contributed by atoms with Gasteiger partial charge in [-0.2, -0.15) is 0 Å². The topological polar surface area (TPSA) is 66.0 Å². The molecule has 0 saturated heterocycles. The molecule has 6 nitrogen and oxygen atoms in total. The van der Waals surface area contributed by atoms with Gasteiger partial charge in [-0.3, -0.25) is 5.32 Å². The second-order valence-electron chi connectivity index (χ2n) is 3.72. The van der Waals surface area contributed by atoms with Crippen LogP contribution < -0.4 is 19.5 Å². The average molecular weight is 359 g/mol. The Balaban J connectivity index is 2.93. The summed E-state index contributed by atoms with van der Waals surface area (Å²) in [6, 6.07) is 3.15. The van der Waals surface area contributed by atoms with Crippen molar-refractivity contribution in [1.29, 1.82) is 0 Å². The van der Waals surface area contributed by atoms with Gasteiger partial charge in [0.15, 0.2) is 0 Å². The normalized spacial score (nSPS) is 10.8. The van der Waals surface area contributed by atoms with Crippen LogP contribution in [-0.4, -0.2) is 37.8 Å². The third-order valence-corrected chi connectivity index (χ3v) is 2.64. The maximum Gasteiger partial charge on any atom is 0.411 e. The first kappa shape index (κ1) is 17.8. The summed E-state index contributed by atoms with van der Waals surface area (Å²) in [7, 11) is 4.37. The van der Waals surface area contributed by atoms with Crippen LogP contribution in [-0.2, 0) is 4.74 Å². The lowest BCUT2D eigenvalue weighted by molar-refractivity contribution is 0.163. The Morgan fingerprint density at radius 2 is 1.62 bits per heavy atom. The zero-order valence-corrected chi connectivity index (χ0v) is 13.8. The fourth-order valence-corrected chi connectivity index (χ4v) is 1.58. The fourth-order valence-electron chi connectivity index (χ4n) is 1.41. The molecule has 1 rings (SSSR count). The second-order valence-corrected chi connectivity index (χ2v) is 6.24. The number of methoxy groups -OCH3 is 3. The lowest BCUT2D eigenvalue weighted by Crippen LogP contribution is -2.21. The van der Waals surface area contributed by atoms with E-state index in [2.05, 4.69) is 5.32 Å². The highest BCUT2D eigenvalue weighted by Crippen LogP contribution is 2.39. The first-order chi connectivity index (χ1) is 9.80. The van der Waals surface area contributed by atoms with Crippen molar-refractivity contribution >= 4 is 46.6 Å². The highest BCUT2D eigenvalue weighted by atomic mass is 35.6. The van der Waals surface area contributed by atoms with Gasteiger partial charge in [-0.05, 0) is 0 Å². The summed E-state index contributed by atoms with van der Waals surface area (Å²) in [5.74, 6) is 1.16. The molecule has 0 bridgehead atoms. The Morgan fingerprint density at radius 3 is 2.00 bits per heavy atom. The molecule has 0 saturated carbocycles. The van der Waals surface area contributed by atoms with Crippen molar-refractivity contribution in [2.75, 3.05) is 33.3 Å². The van der Waals surface area contributed by atoms with E-state index in [0.29, 0.717) is 17.2 Å². The number of benzene rings is 1. The summed E-state index contributed by atoms with van der Waals surface area (Å²) < 4.78 is 18.5. The van der Waals surface area contributed by atoms with Crippen LogP contribution in [0.3, 0.4) is 0 Å². The summed E-state index contributed by atoms with van der Waals surface area (Å²) in [6.45, 7) is -0.399. The predicted octanol–water partition coefficient (Wildman–Crippen LogP) is 3.63. The minimum absolute atomic E-state index is 0.273. The molecule has 0 radical (unpaired) electrons. The molecule has 0 unspecified atom stereocenters. The summed E-state index contributed by atoms with van der Waals surface area (Å²) in [4.78, 5) is 11.7. The molecule has 1 aromatic rings. The van der Waals surface area contributed by atoms with Crippen LogP contribution in [0, 0.1) is 0 Å². The molecule has 9 heteroatoms. The van der Waals surface area contributed by atoms with Gasteiger partial charge in [0.1, 0.15) is 29.5 Å². The highest BCUT2D eigenvalue weighted by molar-refractivity contribution is 6.67. The van der Waals surface area contributed by atoms with Crippen molar-refractivity contribution in [1.82, 2.24) is 0 Å². The lowest BCUT2D eigenvalue weighted by Gasteiger charge is -2.16. The van der Waals surface area contributed by atoms with Crippen LogP contribution in [0.1, 0.15) is 0 Å². The number of anilines is 1. The monoisotopic (exact) mass is 357 g/mol. The molecule has 0 fully saturated rings. The minimum atomic E-state index is -1.69. The molecular weight excluding hydrogens is 344 g/mol. The van der Waals surface area contributed by atoms with Crippen molar-refractivity contribution in [3.63, 3.8) is 0 Å². The molecule has 0 aliphatic heterocycles.